The fourth-order valence-electron chi connectivity index (χ4n) is 5.08. The summed E-state index contributed by atoms with van der Waals surface area (Å²) in [6.07, 6.45) is 3.24. The van der Waals surface area contributed by atoms with Crippen LogP contribution in [0.15, 0.2) is 24.5 Å². The van der Waals surface area contributed by atoms with E-state index in [0.29, 0.717) is 66.1 Å². The second kappa shape index (κ2) is 11.7. The van der Waals surface area contributed by atoms with E-state index >= 15 is 0 Å². The van der Waals surface area contributed by atoms with Crippen molar-refractivity contribution in [1.29, 1.82) is 0 Å². The van der Waals surface area contributed by atoms with E-state index < -0.39 is 14.0 Å². The standard InChI is InChI=1S/C28H34ClF2N9O3Si/c1-38-24-23(29)20(14-32-25(24)35-27(38)34-22-12-21-28(30,31)7-6-8-39(21)37-22)43-17-11-18-19(15-41-2)36-40(26(18)33-13-17)16-42-9-10-44(3,4)5/h11-14H,6-10,15-16H2,1-5H3,(H,32,34,35,37). The predicted molar refractivity (Wildman–Crippen MR) is 165 cm³/mol. The van der Waals surface area contributed by atoms with Crippen molar-refractivity contribution in [3.05, 3.63) is 40.9 Å². The third-order valence-corrected chi connectivity index (χ3v) is 9.49. The lowest BCUT2D eigenvalue weighted by Crippen LogP contribution is -2.25. The lowest BCUT2D eigenvalue weighted by Gasteiger charge is -2.22. The number of rotatable bonds is 11. The average molecular weight is 646 g/mol. The van der Waals surface area contributed by atoms with Crippen molar-refractivity contribution in [2.24, 2.45) is 7.05 Å². The molecule has 0 amide bonds. The Morgan fingerprint density at radius 3 is 2.70 bits per heavy atom. The number of aryl methyl sites for hydroxylation is 2. The van der Waals surface area contributed by atoms with E-state index in [9.17, 15) is 8.78 Å². The quantitative estimate of drug-likeness (QED) is 0.128. The molecule has 0 saturated carbocycles. The number of hydrogen-bond acceptors (Lipinski definition) is 9. The Kier molecular flexibility index (Phi) is 8.07. The highest BCUT2D eigenvalue weighted by molar-refractivity contribution is 6.76. The molecule has 234 valence electrons. The molecule has 5 aromatic heterocycles. The zero-order valence-electron chi connectivity index (χ0n) is 25.2. The number of fused-ring (bicyclic) bond motifs is 3. The monoisotopic (exact) mass is 645 g/mol. The molecular formula is C28H34ClF2N9O3Si. The van der Waals surface area contributed by atoms with Gasteiger partial charge in [0.1, 0.15) is 28.7 Å². The number of anilines is 2. The van der Waals surface area contributed by atoms with Gasteiger partial charge in [-0.15, -0.1) is 0 Å². The maximum absolute atomic E-state index is 14.3. The molecule has 0 bridgehead atoms. The summed E-state index contributed by atoms with van der Waals surface area (Å²) >= 11 is 6.80. The average Bonchev–Trinajstić information content (AvgIpc) is 3.63. The van der Waals surface area contributed by atoms with Crippen LogP contribution in [0.25, 0.3) is 22.2 Å². The van der Waals surface area contributed by atoms with E-state index in [1.807, 2.05) is 6.07 Å². The minimum absolute atomic E-state index is 0.115. The van der Waals surface area contributed by atoms with Crippen LogP contribution in [0.1, 0.15) is 24.2 Å². The first-order valence-electron chi connectivity index (χ1n) is 14.3. The molecule has 0 unspecified atom stereocenters. The number of alkyl halides is 2. The predicted octanol–water partition coefficient (Wildman–Crippen LogP) is 6.44. The van der Waals surface area contributed by atoms with Gasteiger partial charge in [0, 0.05) is 53.3 Å². The topological polar surface area (TPSA) is 119 Å². The van der Waals surface area contributed by atoms with Gasteiger partial charge in [0.05, 0.1) is 24.7 Å². The van der Waals surface area contributed by atoms with E-state index in [-0.39, 0.29) is 29.7 Å². The molecule has 5 aromatic rings. The summed E-state index contributed by atoms with van der Waals surface area (Å²) in [5, 5.41) is 13.0. The maximum atomic E-state index is 14.3. The number of ether oxygens (including phenoxy) is 3. The normalized spacial score (nSPS) is 14.8. The second-order valence-electron chi connectivity index (χ2n) is 12.0. The summed E-state index contributed by atoms with van der Waals surface area (Å²) in [7, 11) is 2.14. The van der Waals surface area contributed by atoms with Crippen LogP contribution in [0.3, 0.4) is 0 Å². The maximum Gasteiger partial charge on any atom is 0.289 e. The number of pyridine rings is 2. The van der Waals surface area contributed by atoms with Crippen molar-refractivity contribution >= 4 is 53.6 Å². The molecule has 0 spiro atoms. The molecule has 0 aromatic carbocycles. The van der Waals surface area contributed by atoms with Gasteiger partial charge in [0.2, 0.25) is 5.95 Å². The number of nitrogens with one attached hydrogen (secondary N) is 1. The van der Waals surface area contributed by atoms with Crippen molar-refractivity contribution in [1.82, 2.24) is 39.1 Å². The van der Waals surface area contributed by atoms with E-state index in [0.717, 1.165) is 11.4 Å². The van der Waals surface area contributed by atoms with E-state index in [1.165, 1.54) is 16.9 Å². The van der Waals surface area contributed by atoms with E-state index in [4.69, 9.17) is 25.8 Å². The Hall–Kier alpha value is -3.66. The van der Waals surface area contributed by atoms with Crippen molar-refractivity contribution in [3.63, 3.8) is 0 Å². The summed E-state index contributed by atoms with van der Waals surface area (Å²) in [5.41, 5.74) is 2.09. The van der Waals surface area contributed by atoms with Crippen molar-refractivity contribution in [3.8, 4) is 11.5 Å². The molecule has 0 aliphatic carbocycles. The van der Waals surface area contributed by atoms with Crippen LogP contribution >= 0.6 is 11.6 Å². The summed E-state index contributed by atoms with van der Waals surface area (Å²) in [4.78, 5) is 13.5. The number of imidazole rings is 1. The molecule has 0 saturated heterocycles. The first-order valence-corrected chi connectivity index (χ1v) is 18.4. The lowest BCUT2D eigenvalue weighted by molar-refractivity contribution is -0.0364. The third kappa shape index (κ3) is 6.01. The molecule has 0 atom stereocenters. The SMILES string of the molecule is COCc1nn(COCC[Si](C)(C)C)c2ncc(Oc3cnc4nc(Nc5cc6n(n5)CCCC6(F)F)n(C)c4c3Cl)cc12. The molecule has 12 nitrogen and oxygen atoms in total. The molecule has 1 aliphatic heterocycles. The third-order valence-electron chi connectivity index (χ3n) is 7.42. The van der Waals surface area contributed by atoms with Gasteiger partial charge in [-0.1, -0.05) is 31.2 Å². The van der Waals surface area contributed by atoms with Crippen LogP contribution in [0.2, 0.25) is 30.7 Å². The van der Waals surface area contributed by atoms with E-state index in [1.54, 1.807) is 29.6 Å². The van der Waals surface area contributed by atoms with E-state index in [2.05, 4.69) is 50.1 Å². The fourth-order valence-corrected chi connectivity index (χ4v) is 6.14. The summed E-state index contributed by atoms with van der Waals surface area (Å²) in [6.45, 7) is 8.59. The molecule has 0 fully saturated rings. The Morgan fingerprint density at radius 1 is 1.14 bits per heavy atom. The van der Waals surface area contributed by atoms with Crippen molar-refractivity contribution in [2.75, 3.05) is 19.0 Å². The highest BCUT2D eigenvalue weighted by atomic mass is 35.5. The zero-order valence-corrected chi connectivity index (χ0v) is 27.0. The van der Waals surface area contributed by atoms with Crippen LogP contribution < -0.4 is 10.1 Å². The van der Waals surface area contributed by atoms with Crippen LogP contribution in [-0.4, -0.2) is 60.9 Å². The minimum atomic E-state index is -2.92. The van der Waals surface area contributed by atoms with Gasteiger partial charge in [-0.2, -0.15) is 24.0 Å². The number of aromatic nitrogens is 8. The van der Waals surface area contributed by atoms with Crippen molar-refractivity contribution < 1.29 is 23.0 Å². The smallest absolute Gasteiger partial charge is 0.289 e. The highest BCUT2D eigenvalue weighted by Crippen LogP contribution is 2.39. The summed E-state index contributed by atoms with van der Waals surface area (Å²) < 4.78 is 50.8. The fraction of sp³-hybridized carbons (Fsp3) is 0.464. The van der Waals surface area contributed by atoms with Gasteiger partial charge >= 0.3 is 0 Å². The highest BCUT2D eigenvalue weighted by Gasteiger charge is 2.38. The Morgan fingerprint density at radius 2 is 1.95 bits per heavy atom. The summed E-state index contributed by atoms with van der Waals surface area (Å²) in [6, 6.07) is 4.24. The van der Waals surface area contributed by atoms with Crippen LogP contribution in [0.4, 0.5) is 20.5 Å². The Labute approximate surface area is 258 Å². The van der Waals surface area contributed by atoms with Crippen LogP contribution in [-0.2, 0) is 42.3 Å². The minimum Gasteiger partial charge on any atom is -0.452 e. The van der Waals surface area contributed by atoms with Crippen LogP contribution in [0.5, 0.6) is 11.5 Å². The largest absolute Gasteiger partial charge is 0.452 e. The van der Waals surface area contributed by atoms with Crippen LogP contribution in [0, 0.1) is 0 Å². The van der Waals surface area contributed by atoms with Gasteiger partial charge in [-0.25, -0.2) is 14.6 Å². The Balaban J connectivity index is 1.24. The molecular weight excluding hydrogens is 612 g/mol. The van der Waals surface area contributed by atoms with Gasteiger partial charge in [0.25, 0.3) is 5.92 Å². The van der Waals surface area contributed by atoms with Gasteiger partial charge in [-0.3, -0.25) is 4.68 Å². The second-order valence-corrected chi connectivity index (χ2v) is 18.0. The number of halogens is 3. The molecule has 0 radical (unpaired) electrons. The van der Waals surface area contributed by atoms with Gasteiger partial charge in [-0.05, 0) is 18.5 Å². The lowest BCUT2D eigenvalue weighted by atomic mass is 10.1. The molecule has 16 heteroatoms. The summed E-state index contributed by atoms with van der Waals surface area (Å²) in [5.74, 6) is -1.58. The first-order chi connectivity index (χ1) is 20.9. The van der Waals surface area contributed by atoms with Gasteiger partial charge < -0.3 is 24.1 Å². The molecule has 1 N–H and O–H groups in total. The van der Waals surface area contributed by atoms with Gasteiger partial charge in [0.15, 0.2) is 22.9 Å². The van der Waals surface area contributed by atoms with Crippen molar-refractivity contribution in [2.45, 2.75) is 64.3 Å². The molecule has 6 heterocycles. The number of methoxy groups -OCH3 is 1. The number of hydrogen-bond donors (Lipinski definition) is 1. The zero-order chi connectivity index (χ0) is 31.2. The molecule has 6 rings (SSSR count). The number of nitrogens with zero attached hydrogens (tertiary/aromatic N) is 8. The molecule has 1 aliphatic rings. The Bertz CT molecular complexity index is 1830. The molecule has 44 heavy (non-hydrogen) atoms. The first kappa shape index (κ1) is 30.4.